The van der Waals surface area contributed by atoms with Gasteiger partial charge >= 0.3 is 0 Å². The first-order chi connectivity index (χ1) is 17.7. The number of ketones is 2. The summed E-state index contributed by atoms with van der Waals surface area (Å²) in [4.78, 5) is 27.0. The van der Waals surface area contributed by atoms with Crippen molar-refractivity contribution in [3.8, 4) is 0 Å². The van der Waals surface area contributed by atoms with Gasteiger partial charge in [-0.05, 0) is 63.8 Å². The molecule has 0 unspecified atom stereocenters. The molecule has 0 aromatic carbocycles. The number of nitrogens with one attached hydrogen (secondary N) is 2. The van der Waals surface area contributed by atoms with Gasteiger partial charge in [0.1, 0.15) is 0 Å². The summed E-state index contributed by atoms with van der Waals surface area (Å²) < 4.78 is 0. The number of carbonyl (C=O) groups excluding carboxylic acids is 2. The van der Waals surface area contributed by atoms with Gasteiger partial charge in [-0.15, -0.1) is 0 Å². The fraction of sp³-hybridized carbons (Fsp3) is 0.933. The van der Waals surface area contributed by atoms with Crippen LogP contribution < -0.4 is 10.6 Å². The molecule has 6 heteroatoms. The van der Waals surface area contributed by atoms with E-state index in [4.69, 9.17) is 0 Å². The van der Waals surface area contributed by atoms with Crippen LogP contribution in [0.4, 0.5) is 0 Å². The molecule has 4 nitrogen and oxygen atoms in total. The number of Topliss-reactive ketones (excluding diaryl/α,β-unsaturated/α-hetero) is 2. The van der Waals surface area contributed by atoms with E-state index in [0.717, 1.165) is 49.7 Å². The monoisotopic (exact) mass is 536 g/mol. The summed E-state index contributed by atoms with van der Waals surface area (Å²) >= 11 is 0. The second-order valence-electron chi connectivity index (χ2n) is 12.2. The van der Waals surface area contributed by atoms with E-state index in [1.807, 2.05) is 21.6 Å². The van der Waals surface area contributed by atoms with Crippen LogP contribution in [0.15, 0.2) is 0 Å². The van der Waals surface area contributed by atoms with Gasteiger partial charge in [-0.3, -0.25) is 9.59 Å². The smallest absolute Gasteiger partial charge is 0.153 e. The zero-order valence-electron chi connectivity index (χ0n) is 22.7. The number of hydrogen-bond acceptors (Lipinski definition) is 6. The predicted octanol–water partition coefficient (Wildman–Crippen LogP) is 7.11. The zero-order valence-corrected chi connectivity index (χ0v) is 24.3. The highest BCUT2D eigenvalue weighted by Crippen LogP contribution is 2.32. The van der Waals surface area contributed by atoms with Crippen molar-refractivity contribution < 1.29 is 9.59 Å². The summed E-state index contributed by atoms with van der Waals surface area (Å²) in [5.74, 6) is 3.91. The molecule has 0 radical (unpaired) electrons. The SMILES string of the molecule is O=C(C1CCCCCC1)[C@H](CSSC[C@H](NC1CCCCCC1)C(=O)C1CCCC1)NCC1CCC1. The molecule has 36 heavy (non-hydrogen) atoms. The largest absolute Gasteiger partial charge is 0.306 e. The molecule has 4 fully saturated rings. The molecular formula is C30H52N2O2S2. The van der Waals surface area contributed by atoms with Gasteiger partial charge in [0.05, 0.1) is 12.1 Å². The first-order valence-electron chi connectivity index (χ1n) is 15.5. The van der Waals surface area contributed by atoms with Gasteiger partial charge in [0.15, 0.2) is 11.6 Å². The van der Waals surface area contributed by atoms with Crippen LogP contribution in [0.3, 0.4) is 0 Å². The van der Waals surface area contributed by atoms with Crippen LogP contribution in [0, 0.1) is 17.8 Å². The third-order valence-electron chi connectivity index (χ3n) is 9.42. The Hall–Kier alpha value is -0.0400. The number of carbonyl (C=O) groups is 2. The maximum atomic E-state index is 13.5. The lowest BCUT2D eigenvalue weighted by Crippen LogP contribution is -2.47. The molecule has 4 aliphatic carbocycles. The Bertz CT molecular complexity index is 649. The molecule has 0 bridgehead atoms. The Morgan fingerprint density at radius 2 is 1.06 bits per heavy atom. The lowest BCUT2D eigenvalue weighted by atomic mass is 9.85. The Morgan fingerprint density at radius 3 is 1.58 bits per heavy atom. The Balaban J connectivity index is 1.29. The van der Waals surface area contributed by atoms with Crippen LogP contribution in [0.5, 0.6) is 0 Å². The van der Waals surface area contributed by atoms with Crippen LogP contribution >= 0.6 is 21.6 Å². The zero-order chi connectivity index (χ0) is 25.0. The first-order valence-corrected chi connectivity index (χ1v) is 18.0. The minimum atomic E-state index is -0.0231. The van der Waals surface area contributed by atoms with Crippen LogP contribution in [-0.4, -0.2) is 47.7 Å². The van der Waals surface area contributed by atoms with Crippen LogP contribution in [0.2, 0.25) is 0 Å². The Kier molecular flexibility index (Phi) is 13.0. The van der Waals surface area contributed by atoms with Crippen molar-refractivity contribution in [2.45, 2.75) is 140 Å². The third-order valence-corrected chi connectivity index (χ3v) is 11.8. The highest BCUT2D eigenvalue weighted by atomic mass is 33.1. The fourth-order valence-electron chi connectivity index (χ4n) is 6.77. The average molecular weight is 537 g/mol. The molecule has 0 heterocycles. The van der Waals surface area contributed by atoms with Gasteiger partial charge in [0.2, 0.25) is 0 Å². The molecule has 0 spiro atoms. The van der Waals surface area contributed by atoms with E-state index in [1.165, 1.54) is 96.3 Å². The quantitative estimate of drug-likeness (QED) is 0.140. The van der Waals surface area contributed by atoms with Gasteiger partial charge in [-0.2, -0.15) is 0 Å². The highest BCUT2D eigenvalue weighted by Gasteiger charge is 2.32. The maximum Gasteiger partial charge on any atom is 0.153 e. The van der Waals surface area contributed by atoms with Gasteiger partial charge < -0.3 is 10.6 Å². The van der Waals surface area contributed by atoms with Gasteiger partial charge in [0, 0.05) is 29.4 Å². The van der Waals surface area contributed by atoms with Crippen molar-refractivity contribution in [1.29, 1.82) is 0 Å². The fourth-order valence-corrected chi connectivity index (χ4v) is 9.17. The molecule has 4 rings (SSSR count). The van der Waals surface area contributed by atoms with E-state index in [-0.39, 0.29) is 23.9 Å². The maximum absolute atomic E-state index is 13.5. The summed E-state index contributed by atoms with van der Waals surface area (Å²) in [6.07, 6.45) is 23.5. The van der Waals surface area contributed by atoms with Crippen molar-refractivity contribution in [2.75, 3.05) is 18.1 Å². The highest BCUT2D eigenvalue weighted by molar-refractivity contribution is 8.76. The number of rotatable bonds is 14. The minimum Gasteiger partial charge on any atom is -0.306 e. The lowest BCUT2D eigenvalue weighted by Gasteiger charge is -2.29. The Morgan fingerprint density at radius 1 is 0.583 bits per heavy atom. The molecule has 2 N–H and O–H groups in total. The summed E-state index contributed by atoms with van der Waals surface area (Å²) in [6.45, 7) is 1.00. The van der Waals surface area contributed by atoms with Gasteiger partial charge in [0.25, 0.3) is 0 Å². The number of hydrogen-bond donors (Lipinski definition) is 2. The molecule has 4 saturated carbocycles. The topological polar surface area (TPSA) is 58.2 Å². The summed E-state index contributed by atoms with van der Waals surface area (Å²) in [5, 5.41) is 7.53. The third kappa shape index (κ3) is 9.31. The van der Waals surface area contributed by atoms with Gasteiger partial charge in [-0.1, -0.05) is 92.2 Å². The second-order valence-corrected chi connectivity index (χ2v) is 14.8. The van der Waals surface area contributed by atoms with Gasteiger partial charge in [-0.25, -0.2) is 0 Å². The van der Waals surface area contributed by atoms with E-state index >= 15 is 0 Å². The van der Waals surface area contributed by atoms with E-state index < -0.39 is 0 Å². The summed E-state index contributed by atoms with van der Waals surface area (Å²) in [5.41, 5.74) is 0. The summed E-state index contributed by atoms with van der Waals surface area (Å²) in [6, 6.07) is 0.458. The molecule has 0 aliphatic heterocycles. The van der Waals surface area contributed by atoms with Crippen molar-refractivity contribution in [2.24, 2.45) is 17.8 Å². The molecule has 0 aromatic rings. The summed E-state index contributed by atoms with van der Waals surface area (Å²) in [7, 11) is 3.67. The van der Waals surface area contributed by atoms with Crippen LogP contribution in [0.25, 0.3) is 0 Å². The lowest BCUT2D eigenvalue weighted by molar-refractivity contribution is -0.125. The van der Waals surface area contributed by atoms with E-state index in [2.05, 4.69) is 10.6 Å². The predicted molar refractivity (Wildman–Crippen MR) is 156 cm³/mol. The molecular weight excluding hydrogens is 484 g/mol. The van der Waals surface area contributed by atoms with Crippen molar-refractivity contribution in [3.05, 3.63) is 0 Å². The van der Waals surface area contributed by atoms with Crippen LogP contribution in [-0.2, 0) is 9.59 Å². The normalized spacial score (nSPS) is 25.1. The van der Waals surface area contributed by atoms with E-state index in [9.17, 15) is 9.59 Å². The average Bonchev–Trinajstić information content (AvgIpc) is 3.09. The van der Waals surface area contributed by atoms with Crippen molar-refractivity contribution in [3.63, 3.8) is 0 Å². The molecule has 0 saturated heterocycles. The van der Waals surface area contributed by atoms with E-state index in [0.29, 0.717) is 17.6 Å². The van der Waals surface area contributed by atoms with Crippen molar-refractivity contribution >= 4 is 33.2 Å². The first kappa shape index (κ1) is 29.0. The molecule has 0 aromatic heterocycles. The molecule has 4 aliphatic rings. The van der Waals surface area contributed by atoms with Crippen molar-refractivity contribution in [1.82, 2.24) is 10.6 Å². The molecule has 2 atom stereocenters. The van der Waals surface area contributed by atoms with Crippen LogP contribution in [0.1, 0.15) is 122 Å². The standard InChI is InChI=1S/C30H52N2O2S2/c33-29(24-14-5-1-2-6-15-24)27(31-20-23-12-11-13-23)21-35-36-22-28(30(34)25-16-9-10-17-25)32-26-18-7-3-4-8-19-26/h23-28,31-32H,1-22H2/t27-,28-/m0/s1. The Labute approximate surface area is 228 Å². The molecule has 206 valence electrons. The van der Waals surface area contributed by atoms with E-state index in [1.54, 1.807) is 0 Å². The minimum absolute atomic E-state index is 0.0207. The molecule has 0 amide bonds. The second kappa shape index (κ2) is 16.2.